The van der Waals surface area contributed by atoms with Gasteiger partial charge in [-0.05, 0) is 43.2 Å². The number of thioether (sulfide) groups is 1. The standard InChI is InChI=1S/C19H23FN4O2S/c1-23(2)17-9-10-18(22-21-17)26-15-4-3-11-24(12-15)19(25)13-27-16-7-5-14(20)6-8-16/h5-10,15H,3-4,11-13H2,1-2H3. The van der Waals surface area contributed by atoms with Crippen LogP contribution < -0.4 is 9.64 Å². The van der Waals surface area contributed by atoms with Crippen LogP contribution in [0.15, 0.2) is 41.3 Å². The second-order valence-electron chi connectivity index (χ2n) is 6.59. The number of hydrogen-bond acceptors (Lipinski definition) is 6. The number of carbonyl (C=O) groups excluding carboxylic acids is 1. The number of nitrogens with zero attached hydrogens (tertiary/aromatic N) is 4. The van der Waals surface area contributed by atoms with Crippen molar-refractivity contribution in [3.8, 4) is 5.88 Å². The van der Waals surface area contributed by atoms with E-state index in [2.05, 4.69) is 10.2 Å². The van der Waals surface area contributed by atoms with Crippen LogP contribution in [-0.2, 0) is 4.79 Å². The molecule has 0 radical (unpaired) electrons. The minimum absolute atomic E-state index is 0.0617. The maximum absolute atomic E-state index is 12.9. The minimum atomic E-state index is -0.275. The van der Waals surface area contributed by atoms with Crippen LogP contribution in [0.4, 0.5) is 10.2 Å². The molecular formula is C19H23FN4O2S. The fourth-order valence-electron chi connectivity index (χ4n) is 2.81. The summed E-state index contributed by atoms with van der Waals surface area (Å²) in [7, 11) is 3.80. The monoisotopic (exact) mass is 390 g/mol. The Labute approximate surface area is 162 Å². The second-order valence-corrected chi connectivity index (χ2v) is 7.64. The molecule has 1 aromatic heterocycles. The summed E-state index contributed by atoms with van der Waals surface area (Å²) in [4.78, 5) is 17.1. The van der Waals surface area contributed by atoms with Crippen molar-refractivity contribution in [3.05, 3.63) is 42.2 Å². The maximum Gasteiger partial charge on any atom is 0.233 e. The van der Waals surface area contributed by atoms with E-state index in [0.29, 0.717) is 18.2 Å². The van der Waals surface area contributed by atoms with Gasteiger partial charge in [0.2, 0.25) is 11.8 Å². The van der Waals surface area contributed by atoms with E-state index in [4.69, 9.17) is 4.74 Å². The van der Waals surface area contributed by atoms with Gasteiger partial charge in [0.05, 0.1) is 12.3 Å². The topological polar surface area (TPSA) is 58.6 Å². The molecule has 1 unspecified atom stereocenters. The molecule has 1 fully saturated rings. The number of anilines is 1. The van der Waals surface area contributed by atoms with Gasteiger partial charge in [-0.15, -0.1) is 22.0 Å². The fourth-order valence-corrected chi connectivity index (χ4v) is 3.61. The van der Waals surface area contributed by atoms with Crippen LogP contribution >= 0.6 is 11.8 Å². The normalized spacial score (nSPS) is 16.9. The second kappa shape index (κ2) is 9.03. The number of ether oxygens (including phenoxy) is 1. The lowest BCUT2D eigenvalue weighted by Gasteiger charge is -2.32. The van der Waals surface area contributed by atoms with Gasteiger partial charge < -0.3 is 14.5 Å². The Hall–Kier alpha value is -2.35. The molecule has 0 aliphatic carbocycles. The number of hydrogen-bond donors (Lipinski definition) is 0. The molecule has 1 saturated heterocycles. The fraction of sp³-hybridized carbons (Fsp3) is 0.421. The molecule has 3 rings (SSSR count). The summed E-state index contributed by atoms with van der Waals surface area (Å²) in [5.41, 5.74) is 0. The first-order valence-electron chi connectivity index (χ1n) is 8.85. The molecule has 1 aliphatic heterocycles. The minimum Gasteiger partial charge on any atom is -0.471 e. The van der Waals surface area contributed by atoms with Gasteiger partial charge in [0.15, 0.2) is 5.82 Å². The Morgan fingerprint density at radius 3 is 2.70 bits per heavy atom. The molecule has 1 atom stereocenters. The van der Waals surface area contributed by atoms with Gasteiger partial charge in [0, 0.05) is 31.6 Å². The number of piperidine rings is 1. The number of rotatable bonds is 6. The first-order valence-corrected chi connectivity index (χ1v) is 9.83. The summed E-state index contributed by atoms with van der Waals surface area (Å²) >= 11 is 1.41. The molecule has 1 aromatic carbocycles. The zero-order valence-electron chi connectivity index (χ0n) is 15.5. The molecule has 0 bridgehead atoms. The first kappa shape index (κ1) is 19.4. The predicted molar refractivity (Wildman–Crippen MR) is 104 cm³/mol. The Bertz CT molecular complexity index is 755. The summed E-state index contributed by atoms with van der Waals surface area (Å²) < 4.78 is 18.9. The van der Waals surface area contributed by atoms with Crippen LogP contribution in [0.3, 0.4) is 0 Å². The number of halogens is 1. The van der Waals surface area contributed by atoms with Crippen LogP contribution in [0.1, 0.15) is 12.8 Å². The SMILES string of the molecule is CN(C)c1ccc(OC2CCCN(C(=O)CSc3ccc(F)cc3)C2)nn1. The Balaban J connectivity index is 1.50. The van der Waals surface area contributed by atoms with E-state index in [0.717, 1.165) is 30.1 Å². The smallest absolute Gasteiger partial charge is 0.233 e. The zero-order chi connectivity index (χ0) is 19.2. The number of benzene rings is 1. The van der Waals surface area contributed by atoms with Crippen LogP contribution in [-0.4, -0.2) is 60.0 Å². The third-order valence-corrected chi connectivity index (χ3v) is 5.28. The summed E-state index contributed by atoms with van der Waals surface area (Å²) in [5, 5.41) is 8.20. The van der Waals surface area contributed by atoms with E-state index in [1.807, 2.05) is 30.0 Å². The molecule has 1 amide bonds. The molecule has 27 heavy (non-hydrogen) atoms. The molecule has 2 heterocycles. The third-order valence-electron chi connectivity index (χ3n) is 4.28. The molecule has 8 heteroatoms. The van der Waals surface area contributed by atoms with Crippen molar-refractivity contribution in [2.45, 2.75) is 23.8 Å². The summed E-state index contributed by atoms with van der Waals surface area (Å²) in [6.07, 6.45) is 1.69. The first-order chi connectivity index (χ1) is 13.0. The van der Waals surface area contributed by atoms with E-state index in [9.17, 15) is 9.18 Å². The quantitative estimate of drug-likeness (QED) is 0.707. The lowest BCUT2D eigenvalue weighted by Crippen LogP contribution is -2.45. The highest BCUT2D eigenvalue weighted by molar-refractivity contribution is 8.00. The van der Waals surface area contributed by atoms with Crippen LogP contribution in [0, 0.1) is 5.82 Å². The van der Waals surface area contributed by atoms with Crippen LogP contribution in [0.2, 0.25) is 0 Å². The van der Waals surface area contributed by atoms with Crippen molar-refractivity contribution in [3.63, 3.8) is 0 Å². The van der Waals surface area contributed by atoms with Crippen molar-refractivity contribution in [2.75, 3.05) is 37.8 Å². The molecule has 0 saturated carbocycles. The van der Waals surface area contributed by atoms with Crippen molar-refractivity contribution in [1.82, 2.24) is 15.1 Å². The van der Waals surface area contributed by atoms with E-state index in [-0.39, 0.29) is 17.8 Å². The van der Waals surface area contributed by atoms with Crippen molar-refractivity contribution in [1.29, 1.82) is 0 Å². The predicted octanol–water partition coefficient (Wildman–Crippen LogP) is 2.84. The highest BCUT2D eigenvalue weighted by Crippen LogP contribution is 2.21. The highest BCUT2D eigenvalue weighted by Gasteiger charge is 2.25. The summed E-state index contributed by atoms with van der Waals surface area (Å²) in [6.45, 7) is 1.27. The van der Waals surface area contributed by atoms with Gasteiger partial charge in [-0.2, -0.15) is 0 Å². The van der Waals surface area contributed by atoms with E-state index in [1.165, 1.54) is 23.9 Å². The summed E-state index contributed by atoms with van der Waals surface area (Å²) in [6, 6.07) is 9.83. The maximum atomic E-state index is 12.9. The molecule has 1 aliphatic rings. The van der Waals surface area contributed by atoms with E-state index in [1.54, 1.807) is 18.2 Å². The number of carbonyl (C=O) groups is 1. The van der Waals surface area contributed by atoms with Crippen LogP contribution in [0.5, 0.6) is 5.88 Å². The van der Waals surface area contributed by atoms with Gasteiger partial charge in [0.1, 0.15) is 11.9 Å². The molecule has 144 valence electrons. The third kappa shape index (κ3) is 5.56. The zero-order valence-corrected chi connectivity index (χ0v) is 16.3. The van der Waals surface area contributed by atoms with Gasteiger partial charge in [-0.3, -0.25) is 4.79 Å². The average molecular weight is 390 g/mol. The lowest BCUT2D eigenvalue weighted by molar-refractivity contribution is -0.130. The number of likely N-dealkylation sites (tertiary alicyclic amines) is 1. The molecule has 0 spiro atoms. The Morgan fingerprint density at radius 2 is 2.04 bits per heavy atom. The number of amides is 1. The highest BCUT2D eigenvalue weighted by atomic mass is 32.2. The van der Waals surface area contributed by atoms with Crippen LogP contribution in [0.25, 0.3) is 0 Å². The van der Waals surface area contributed by atoms with Gasteiger partial charge >= 0.3 is 0 Å². The Morgan fingerprint density at radius 1 is 1.26 bits per heavy atom. The molecule has 0 N–H and O–H groups in total. The Kier molecular flexibility index (Phi) is 6.49. The van der Waals surface area contributed by atoms with Crippen molar-refractivity contribution < 1.29 is 13.9 Å². The summed E-state index contributed by atoms with van der Waals surface area (Å²) in [5.74, 6) is 1.35. The van der Waals surface area contributed by atoms with Gasteiger partial charge in [-0.1, -0.05) is 0 Å². The lowest BCUT2D eigenvalue weighted by atomic mass is 10.1. The molecule has 6 nitrogen and oxygen atoms in total. The van der Waals surface area contributed by atoms with Gasteiger partial charge in [-0.25, -0.2) is 4.39 Å². The molecule has 2 aromatic rings. The van der Waals surface area contributed by atoms with E-state index < -0.39 is 0 Å². The average Bonchev–Trinajstić information content (AvgIpc) is 2.68. The molecular weight excluding hydrogens is 367 g/mol. The van der Waals surface area contributed by atoms with Crippen molar-refractivity contribution >= 4 is 23.5 Å². The van der Waals surface area contributed by atoms with Crippen molar-refractivity contribution in [2.24, 2.45) is 0 Å². The largest absolute Gasteiger partial charge is 0.471 e. The van der Waals surface area contributed by atoms with E-state index >= 15 is 0 Å². The number of aromatic nitrogens is 2. The van der Waals surface area contributed by atoms with Gasteiger partial charge in [0.25, 0.3) is 0 Å².